The summed E-state index contributed by atoms with van der Waals surface area (Å²) in [5.74, 6) is -0.799. The molecule has 1 aliphatic rings. The molecule has 6 heteroatoms. The number of rotatable bonds is 4. The number of imidazole rings is 1. The fourth-order valence-electron chi connectivity index (χ4n) is 2.01. The highest BCUT2D eigenvalue weighted by molar-refractivity contribution is 7.99. The smallest absolute Gasteiger partial charge is 0.313 e. The van der Waals surface area contributed by atoms with Gasteiger partial charge in [-0.25, -0.2) is 9.97 Å². The Labute approximate surface area is 108 Å². The molecule has 3 rings (SSSR count). The van der Waals surface area contributed by atoms with Crippen molar-refractivity contribution in [3.05, 3.63) is 18.3 Å². The average Bonchev–Trinajstić information content (AvgIpc) is 2.95. The number of thioether (sulfide) groups is 1. The number of pyridine rings is 1. The number of aromatic nitrogens is 3. The first-order chi connectivity index (χ1) is 8.60. The van der Waals surface area contributed by atoms with Crippen LogP contribution in [0.3, 0.4) is 0 Å². The van der Waals surface area contributed by atoms with Crippen molar-refractivity contribution >= 4 is 28.9 Å². The first-order valence-corrected chi connectivity index (χ1v) is 6.77. The van der Waals surface area contributed by atoms with Gasteiger partial charge in [-0.1, -0.05) is 11.8 Å². The standard InChI is InChI=1S/C12H13N3O2S/c1-12(4-5-12)15-10-8(3-2-6-13-10)14-11(15)18-7-9(16)17/h2-3,6H,4-5,7H2,1H3,(H,16,17). The molecule has 0 aliphatic heterocycles. The van der Waals surface area contributed by atoms with Crippen molar-refractivity contribution in [3.63, 3.8) is 0 Å². The summed E-state index contributed by atoms with van der Waals surface area (Å²) in [5.41, 5.74) is 1.74. The van der Waals surface area contributed by atoms with E-state index in [9.17, 15) is 4.79 Å². The summed E-state index contributed by atoms with van der Waals surface area (Å²) in [6.07, 6.45) is 3.93. The third kappa shape index (κ3) is 1.86. The molecule has 1 saturated carbocycles. The summed E-state index contributed by atoms with van der Waals surface area (Å²) >= 11 is 1.26. The van der Waals surface area contributed by atoms with Gasteiger partial charge in [-0.15, -0.1) is 0 Å². The Balaban J connectivity index is 2.09. The Bertz CT molecular complexity index is 619. The van der Waals surface area contributed by atoms with E-state index in [0.717, 1.165) is 29.2 Å². The van der Waals surface area contributed by atoms with E-state index >= 15 is 0 Å². The molecular weight excluding hydrogens is 250 g/mol. The normalized spacial score (nSPS) is 16.9. The Kier molecular flexibility index (Phi) is 2.55. The van der Waals surface area contributed by atoms with Crippen LogP contribution in [0.1, 0.15) is 19.8 Å². The van der Waals surface area contributed by atoms with Gasteiger partial charge in [0.2, 0.25) is 0 Å². The number of hydrogen-bond donors (Lipinski definition) is 1. The maximum Gasteiger partial charge on any atom is 0.313 e. The maximum atomic E-state index is 10.7. The third-order valence-electron chi connectivity index (χ3n) is 3.22. The number of carboxylic acid groups (broad SMARTS) is 1. The predicted octanol–water partition coefficient (Wildman–Crippen LogP) is 2.12. The van der Waals surface area contributed by atoms with E-state index in [1.54, 1.807) is 6.20 Å². The lowest BCUT2D eigenvalue weighted by Gasteiger charge is -2.14. The minimum atomic E-state index is -0.826. The van der Waals surface area contributed by atoms with Crippen molar-refractivity contribution in [1.29, 1.82) is 0 Å². The third-order valence-corrected chi connectivity index (χ3v) is 4.15. The number of hydrogen-bond acceptors (Lipinski definition) is 4. The van der Waals surface area contributed by atoms with E-state index in [-0.39, 0.29) is 11.3 Å². The molecule has 1 aliphatic carbocycles. The van der Waals surface area contributed by atoms with Gasteiger partial charge in [0.15, 0.2) is 10.8 Å². The number of nitrogens with zero attached hydrogens (tertiary/aromatic N) is 3. The molecule has 5 nitrogen and oxygen atoms in total. The molecule has 1 N–H and O–H groups in total. The van der Waals surface area contributed by atoms with Crippen LogP contribution in [0.5, 0.6) is 0 Å². The van der Waals surface area contributed by atoms with Gasteiger partial charge in [-0.3, -0.25) is 9.36 Å². The number of carbonyl (C=O) groups is 1. The molecule has 0 aromatic carbocycles. The second-order valence-corrected chi connectivity index (χ2v) is 5.70. The van der Waals surface area contributed by atoms with Gasteiger partial charge in [0.25, 0.3) is 0 Å². The molecule has 1 fully saturated rings. The van der Waals surface area contributed by atoms with Gasteiger partial charge in [0.1, 0.15) is 5.52 Å². The zero-order valence-electron chi connectivity index (χ0n) is 9.96. The van der Waals surface area contributed by atoms with Crippen LogP contribution in [0, 0.1) is 0 Å². The molecule has 0 spiro atoms. The predicted molar refractivity (Wildman–Crippen MR) is 68.8 cm³/mol. The number of fused-ring (bicyclic) bond motifs is 1. The SMILES string of the molecule is CC1(n2c(SCC(=O)O)nc3cccnc32)CC1. The zero-order chi connectivity index (χ0) is 12.8. The second kappa shape index (κ2) is 3.98. The molecule has 0 radical (unpaired) electrons. The minimum absolute atomic E-state index is 0.0272. The molecule has 18 heavy (non-hydrogen) atoms. The van der Waals surface area contributed by atoms with Crippen LogP contribution in [0.2, 0.25) is 0 Å². The number of aliphatic carboxylic acids is 1. The van der Waals surface area contributed by atoms with Crippen LogP contribution in [-0.4, -0.2) is 31.4 Å². The summed E-state index contributed by atoms with van der Waals surface area (Å²) in [6.45, 7) is 2.16. The van der Waals surface area contributed by atoms with Gasteiger partial charge in [-0.05, 0) is 31.9 Å². The Morgan fingerprint density at radius 3 is 3.06 bits per heavy atom. The highest BCUT2D eigenvalue weighted by Crippen LogP contribution is 2.46. The van der Waals surface area contributed by atoms with E-state index in [1.807, 2.05) is 12.1 Å². The van der Waals surface area contributed by atoms with E-state index in [4.69, 9.17) is 5.11 Å². The molecule has 94 valence electrons. The van der Waals surface area contributed by atoms with Crippen LogP contribution >= 0.6 is 11.8 Å². The summed E-state index contributed by atoms with van der Waals surface area (Å²) in [7, 11) is 0. The molecule has 2 aromatic rings. The second-order valence-electron chi connectivity index (χ2n) is 4.76. The largest absolute Gasteiger partial charge is 0.481 e. The van der Waals surface area contributed by atoms with Crippen LogP contribution in [0.25, 0.3) is 11.2 Å². The molecule has 0 unspecified atom stereocenters. The first-order valence-electron chi connectivity index (χ1n) is 5.79. The first kappa shape index (κ1) is 11.5. The Hall–Kier alpha value is -1.56. The molecule has 2 heterocycles. The van der Waals surface area contributed by atoms with Crippen molar-refractivity contribution in [2.45, 2.75) is 30.5 Å². The average molecular weight is 263 g/mol. The van der Waals surface area contributed by atoms with Crippen LogP contribution < -0.4 is 0 Å². The van der Waals surface area contributed by atoms with E-state index in [2.05, 4.69) is 21.5 Å². The summed E-state index contributed by atoms with van der Waals surface area (Å²) in [6, 6.07) is 3.76. The van der Waals surface area contributed by atoms with E-state index < -0.39 is 5.97 Å². The van der Waals surface area contributed by atoms with Crippen LogP contribution in [0.15, 0.2) is 23.5 Å². The Morgan fingerprint density at radius 1 is 1.61 bits per heavy atom. The van der Waals surface area contributed by atoms with E-state index in [0.29, 0.717) is 0 Å². The van der Waals surface area contributed by atoms with Gasteiger partial charge >= 0.3 is 5.97 Å². The maximum absolute atomic E-state index is 10.7. The quantitative estimate of drug-likeness (QED) is 0.856. The van der Waals surface area contributed by atoms with Gasteiger partial charge in [0.05, 0.1) is 5.75 Å². The van der Waals surface area contributed by atoms with Crippen molar-refractivity contribution in [2.24, 2.45) is 0 Å². The van der Waals surface area contributed by atoms with Crippen molar-refractivity contribution in [2.75, 3.05) is 5.75 Å². The molecule has 0 bridgehead atoms. The lowest BCUT2D eigenvalue weighted by atomic mass is 10.3. The fourth-order valence-corrected chi connectivity index (χ4v) is 2.86. The monoisotopic (exact) mass is 263 g/mol. The van der Waals surface area contributed by atoms with E-state index in [1.165, 1.54) is 11.8 Å². The summed E-state index contributed by atoms with van der Waals surface area (Å²) < 4.78 is 2.09. The molecular formula is C12H13N3O2S. The lowest BCUT2D eigenvalue weighted by Crippen LogP contribution is -2.14. The highest BCUT2D eigenvalue weighted by Gasteiger charge is 2.42. The summed E-state index contributed by atoms with van der Waals surface area (Å²) in [5, 5.41) is 9.54. The highest BCUT2D eigenvalue weighted by atomic mass is 32.2. The van der Waals surface area contributed by atoms with Crippen molar-refractivity contribution < 1.29 is 9.90 Å². The van der Waals surface area contributed by atoms with Crippen LogP contribution in [0.4, 0.5) is 0 Å². The van der Waals surface area contributed by atoms with Crippen LogP contribution in [-0.2, 0) is 10.3 Å². The van der Waals surface area contributed by atoms with Gasteiger partial charge in [0, 0.05) is 11.7 Å². The lowest BCUT2D eigenvalue weighted by molar-refractivity contribution is -0.133. The molecule has 0 saturated heterocycles. The zero-order valence-corrected chi connectivity index (χ0v) is 10.8. The summed E-state index contributed by atoms with van der Waals surface area (Å²) in [4.78, 5) is 19.6. The van der Waals surface area contributed by atoms with Gasteiger partial charge < -0.3 is 5.11 Å². The molecule has 2 aromatic heterocycles. The topological polar surface area (TPSA) is 68.0 Å². The molecule has 0 atom stereocenters. The molecule has 0 amide bonds. The fraction of sp³-hybridized carbons (Fsp3) is 0.417. The van der Waals surface area contributed by atoms with Crippen molar-refractivity contribution in [3.8, 4) is 0 Å². The number of carboxylic acids is 1. The Morgan fingerprint density at radius 2 is 2.39 bits per heavy atom. The van der Waals surface area contributed by atoms with Gasteiger partial charge in [-0.2, -0.15) is 0 Å². The van der Waals surface area contributed by atoms with Crippen molar-refractivity contribution in [1.82, 2.24) is 14.5 Å². The minimum Gasteiger partial charge on any atom is -0.481 e.